The summed E-state index contributed by atoms with van der Waals surface area (Å²) in [6.45, 7) is 2.03. The van der Waals surface area contributed by atoms with E-state index in [4.69, 9.17) is 23.2 Å². The lowest BCUT2D eigenvalue weighted by molar-refractivity contribution is 0.907. The first-order valence-electron chi connectivity index (χ1n) is 5.46. The highest BCUT2D eigenvalue weighted by Gasteiger charge is 2.11. The third-order valence-electron chi connectivity index (χ3n) is 2.73. The topological polar surface area (TPSA) is 12.9 Å². The number of hydrogen-bond acceptors (Lipinski definition) is 1. The Morgan fingerprint density at radius 2 is 1.88 bits per heavy atom. The van der Waals surface area contributed by atoms with Crippen molar-refractivity contribution in [2.45, 2.75) is 18.7 Å². The molecule has 0 spiro atoms. The third-order valence-corrected chi connectivity index (χ3v) is 3.36. The highest BCUT2D eigenvalue weighted by Crippen LogP contribution is 2.29. The lowest BCUT2D eigenvalue weighted by Crippen LogP contribution is -1.98. The van der Waals surface area contributed by atoms with Gasteiger partial charge in [0.1, 0.15) is 0 Å². The maximum absolute atomic E-state index is 6.43. The van der Waals surface area contributed by atoms with Crippen LogP contribution in [0, 0.1) is 6.92 Å². The van der Waals surface area contributed by atoms with Gasteiger partial charge in [0, 0.05) is 17.4 Å². The summed E-state index contributed by atoms with van der Waals surface area (Å²) >= 11 is 12.4. The molecule has 1 atom stereocenters. The van der Waals surface area contributed by atoms with Crippen LogP contribution in [0.3, 0.4) is 0 Å². The molecule has 0 radical (unpaired) electrons. The summed E-state index contributed by atoms with van der Waals surface area (Å²) in [5.41, 5.74) is 3.45. The Morgan fingerprint density at radius 1 is 1.18 bits per heavy atom. The fraction of sp³-hybridized carbons (Fsp3) is 0.214. The van der Waals surface area contributed by atoms with E-state index >= 15 is 0 Å². The summed E-state index contributed by atoms with van der Waals surface area (Å²) in [6, 6.07) is 9.79. The molecule has 2 rings (SSSR count). The van der Waals surface area contributed by atoms with Crippen molar-refractivity contribution in [1.82, 2.24) is 4.98 Å². The molecule has 1 aromatic heterocycles. The predicted octanol–water partition coefficient (Wildman–Crippen LogP) is 4.57. The van der Waals surface area contributed by atoms with Gasteiger partial charge < -0.3 is 0 Å². The maximum atomic E-state index is 6.43. The second-order valence-electron chi connectivity index (χ2n) is 4.03. The van der Waals surface area contributed by atoms with E-state index in [1.165, 1.54) is 5.56 Å². The summed E-state index contributed by atoms with van der Waals surface area (Å²) in [6.07, 6.45) is 4.37. The van der Waals surface area contributed by atoms with E-state index in [1.807, 2.05) is 37.3 Å². The first-order chi connectivity index (χ1) is 8.16. The van der Waals surface area contributed by atoms with Gasteiger partial charge in [-0.1, -0.05) is 17.7 Å². The van der Waals surface area contributed by atoms with Crippen LogP contribution in [0.2, 0.25) is 5.02 Å². The molecule has 0 aliphatic heterocycles. The number of pyridine rings is 1. The maximum Gasteiger partial charge on any atom is 0.0628 e. The Labute approximate surface area is 111 Å². The Morgan fingerprint density at radius 3 is 2.53 bits per heavy atom. The normalized spacial score (nSPS) is 12.4. The van der Waals surface area contributed by atoms with Crippen LogP contribution in [0.1, 0.15) is 22.1 Å². The molecule has 1 aromatic carbocycles. The SMILES string of the molecule is Cc1cc(Cl)ccc1C(Cl)Cc1ccncc1. The zero-order valence-corrected chi connectivity index (χ0v) is 11.0. The minimum atomic E-state index is -0.0327. The molecule has 0 amide bonds. The van der Waals surface area contributed by atoms with Crippen LogP contribution in [0.5, 0.6) is 0 Å². The third kappa shape index (κ3) is 3.21. The van der Waals surface area contributed by atoms with E-state index in [9.17, 15) is 0 Å². The van der Waals surface area contributed by atoms with Crippen LogP contribution < -0.4 is 0 Å². The van der Waals surface area contributed by atoms with E-state index < -0.39 is 0 Å². The van der Waals surface area contributed by atoms with E-state index in [2.05, 4.69) is 4.98 Å². The smallest absolute Gasteiger partial charge is 0.0628 e. The van der Waals surface area contributed by atoms with Gasteiger partial charge in [0.15, 0.2) is 0 Å². The van der Waals surface area contributed by atoms with Gasteiger partial charge in [-0.15, -0.1) is 11.6 Å². The zero-order valence-electron chi connectivity index (χ0n) is 9.53. The van der Waals surface area contributed by atoms with Gasteiger partial charge in [-0.25, -0.2) is 0 Å². The van der Waals surface area contributed by atoms with E-state index in [0.717, 1.165) is 22.6 Å². The van der Waals surface area contributed by atoms with Crippen molar-refractivity contribution in [2.24, 2.45) is 0 Å². The van der Waals surface area contributed by atoms with Crippen LogP contribution in [0.25, 0.3) is 0 Å². The molecule has 0 N–H and O–H groups in total. The van der Waals surface area contributed by atoms with Crippen LogP contribution in [-0.4, -0.2) is 4.98 Å². The molecule has 1 unspecified atom stereocenters. The molecule has 3 heteroatoms. The first kappa shape index (κ1) is 12.4. The lowest BCUT2D eigenvalue weighted by atomic mass is 10.0. The fourth-order valence-electron chi connectivity index (χ4n) is 1.83. The number of aryl methyl sites for hydroxylation is 1. The van der Waals surface area contributed by atoms with Gasteiger partial charge in [-0.2, -0.15) is 0 Å². The average molecular weight is 266 g/mol. The first-order valence-corrected chi connectivity index (χ1v) is 6.27. The second-order valence-corrected chi connectivity index (χ2v) is 4.99. The highest BCUT2D eigenvalue weighted by atomic mass is 35.5. The van der Waals surface area contributed by atoms with Gasteiger partial charge in [0.2, 0.25) is 0 Å². The Hall–Kier alpha value is -1.05. The molecule has 1 heterocycles. The van der Waals surface area contributed by atoms with Crippen molar-refractivity contribution in [3.8, 4) is 0 Å². The van der Waals surface area contributed by atoms with Crippen LogP contribution in [-0.2, 0) is 6.42 Å². The van der Waals surface area contributed by atoms with Crippen LogP contribution >= 0.6 is 23.2 Å². The molecule has 88 valence electrons. The molecule has 0 aliphatic rings. The van der Waals surface area contributed by atoms with E-state index in [1.54, 1.807) is 12.4 Å². The number of aromatic nitrogens is 1. The molecular weight excluding hydrogens is 253 g/mol. The number of nitrogens with zero attached hydrogens (tertiary/aromatic N) is 1. The van der Waals surface area contributed by atoms with Crippen molar-refractivity contribution >= 4 is 23.2 Å². The molecule has 0 saturated heterocycles. The number of alkyl halides is 1. The Bertz CT molecular complexity index is 497. The van der Waals surface area contributed by atoms with E-state index in [-0.39, 0.29) is 5.38 Å². The summed E-state index contributed by atoms with van der Waals surface area (Å²) in [5.74, 6) is 0. The summed E-state index contributed by atoms with van der Waals surface area (Å²) in [5, 5.41) is 0.716. The molecule has 0 aliphatic carbocycles. The molecule has 0 saturated carbocycles. The minimum Gasteiger partial charge on any atom is -0.265 e. The molecule has 17 heavy (non-hydrogen) atoms. The molecule has 0 bridgehead atoms. The monoisotopic (exact) mass is 265 g/mol. The van der Waals surface area contributed by atoms with Gasteiger partial charge in [-0.05, 0) is 54.3 Å². The number of hydrogen-bond donors (Lipinski definition) is 0. The van der Waals surface area contributed by atoms with Gasteiger partial charge in [0.25, 0.3) is 0 Å². The van der Waals surface area contributed by atoms with Crippen molar-refractivity contribution in [2.75, 3.05) is 0 Å². The predicted molar refractivity (Wildman–Crippen MR) is 72.7 cm³/mol. The molecule has 2 aromatic rings. The quantitative estimate of drug-likeness (QED) is 0.742. The Balaban J connectivity index is 2.17. The summed E-state index contributed by atoms with van der Waals surface area (Å²) in [4.78, 5) is 3.99. The van der Waals surface area contributed by atoms with E-state index in [0.29, 0.717) is 0 Å². The van der Waals surface area contributed by atoms with Crippen molar-refractivity contribution in [3.05, 3.63) is 64.4 Å². The fourth-order valence-corrected chi connectivity index (χ4v) is 2.48. The lowest BCUT2D eigenvalue weighted by Gasteiger charge is -2.13. The van der Waals surface area contributed by atoms with Gasteiger partial charge in [-0.3, -0.25) is 4.98 Å². The molecular formula is C14H13Cl2N. The molecule has 1 nitrogen and oxygen atoms in total. The van der Waals surface area contributed by atoms with Gasteiger partial charge >= 0.3 is 0 Å². The second kappa shape index (κ2) is 5.52. The van der Waals surface area contributed by atoms with Gasteiger partial charge in [0.05, 0.1) is 5.38 Å². The standard InChI is InChI=1S/C14H13Cl2N/c1-10-8-12(15)2-3-13(10)14(16)9-11-4-6-17-7-5-11/h2-8,14H,9H2,1H3. The number of rotatable bonds is 3. The summed E-state index contributed by atoms with van der Waals surface area (Å²) < 4.78 is 0. The van der Waals surface area contributed by atoms with Crippen LogP contribution in [0.15, 0.2) is 42.7 Å². The number of halogens is 2. The largest absolute Gasteiger partial charge is 0.265 e. The van der Waals surface area contributed by atoms with Crippen molar-refractivity contribution < 1.29 is 0 Å². The molecule has 0 fully saturated rings. The Kier molecular flexibility index (Phi) is 4.03. The summed E-state index contributed by atoms with van der Waals surface area (Å²) in [7, 11) is 0. The van der Waals surface area contributed by atoms with Crippen molar-refractivity contribution in [3.63, 3.8) is 0 Å². The van der Waals surface area contributed by atoms with Crippen LogP contribution in [0.4, 0.5) is 0 Å². The highest BCUT2D eigenvalue weighted by molar-refractivity contribution is 6.30. The zero-order chi connectivity index (χ0) is 12.3. The average Bonchev–Trinajstić information content (AvgIpc) is 2.30. The number of benzene rings is 1. The minimum absolute atomic E-state index is 0.0327. The van der Waals surface area contributed by atoms with Crippen molar-refractivity contribution in [1.29, 1.82) is 0 Å².